The lowest BCUT2D eigenvalue weighted by molar-refractivity contribution is -0.117. The molecule has 3 aliphatic rings. The maximum atomic E-state index is 14.9. The fourth-order valence-electron chi connectivity index (χ4n) is 7.82. The van der Waals surface area contributed by atoms with E-state index < -0.39 is 29.3 Å². The largest absolute Gasteiger partial charge is 0.488 e. The highest BCUT2D eigenvalue weighted by Gasteiger charge is 2.50. The molecule has 7 rings (SSSR count). The molecule has 3 aliphatic heterocycles. The predicted molar refractivity (Wildman–Crippen MR) is 200 cm³/mol. The number of halogens is 2. The summed E-state index contributed by atoms with van der Waals surface area (Å²) in [6.07, 6.45) is 5.63. The number of benzene rings is 3. The first-order valence-electron chi connectivity index (χ1n) is 18.8. The summed E-state index contributed by atoms with van der Waals surface area (Å²) in [4.78, 5) is 25.4. The molecular formula is C40H49F2N7O5. The molecule has 288 valence electrons. The van der Waals surface area contributed by atoms with E-state index in [0.717, 1.165) is 68.6 Å². The zero-order valence-electron chi connectivity index (χ0n) is 31.1. The third kappa shape index (κ3) is 7.87. The Morgan fingerprint density at radius 3 is 2.22 bits per heavy atom. The van der Waals surface area contributed by atoms with Crippen LogP contribution < -0.4 is 19.4 Å². The lowest BCUT2D eigenvalue weighted by Crippen LogP contribution is -2.50. The normalized spacial score (nSPS) is 23.2. The van der Waals surface area contributed by atoms with E-state index in [1.54, 1.807) is 9.80 Å². The number of carbonyl (C=O) groups is 1. The molecule has 3 aromatic carbocycles. The standard InChI is InChI=1S/C40H49F2N7O5/c1-4-5-6-17-40(51)25-48(38(50)49(40)29(2)3)33-10-8-31(9-11-33)45-18-20-46(21-19-45)32-12-14-34(15-13-32)52-23-37-53-26-39(54-37,24-47-28-43-27-44-47)35-16-7-30(41)22-36(35)42/h7-16,22,27-29,37,51H,4-6,17-21,23-26H2,1-3H3/t37-,39+,40+/m0/s1. The Balaban J connectivity index is 0.912. The van der Waals surface area contributed by atoms with E-state index in [1.807, 2.05) is 50.2 Å². The van der Waals surface area contributed by atoms with Crippen molar-refractivity contribution in [3.05, 3.63) is 96.6 Å². The van der Waals surface area contributed by atoms with Crippen LogP contribution in [-0.4, -0.2) is 94.8 Å². The summed E-state index contributed by atoms with van der Waals surface area (Å²) < 4.78 is 48.4. The van der Waals surface area contributed by atoms with E-state index in [9.17, 15) is 18.7 Å². The van der Waals surface area contributed by atoms with Crippen LogP contribution in [0.2, 0.25) is 0 Å². The molecule has 1 aromatic heterocycles. The van der Waals surface area contributed by atoms with E-state index in [-0.39, 0.29) is 43.9 Å². The number of urea groups is 1. The quantitative estimate of drug-likeness (QED) is 0.152. The monoisotopic (exact) mass is 745 g/mol. The molecule has 1 N–H and O–H groups in total. The van der Waals surface area contributed by atoms with Gasteiger partial charge in [0.15, 0.2) is 12.0 Å². The maximum absolute atomic E-state index is 14.9. The van der Waals surface area contributed by atoms with Gasteiger partial charge in [0.05, 0.1) is 19.7 Å². The molecular weight excluding hydrogens is 696 g/mol. The topological polar surface area (TPSA) is 109 Å². The number of rotatable bonds is 14. The van der Waals surface area contributed by atoms with Crippen molar-refractivity contribution in [2.24, 2.45) is 0 Å². The molecule has 3 fully saturated rings. The molecule has 14 heteroatoms. The number of β-amino-alcohol motifs (C(OH)–C–C–N with tert-alkyl or cyclic N) is 1. The van der Waals surface area contributed by atoms with Gasteiger partial charge in [-0.3, -0.25) is 9.80 Å². The lowest BCUT2D eigenvalue weighted by atomic mass is 9.94. The van der Waals surface area contributed by atoms with Crippen LogP contribution in [-0.2, 0) is 21.6 Å². The van der Waals surface area contributed by atoms with E-state index in [4.69, 9.17) is 14.2 Å². The van der Waals surface area contributed by atoms with E-state index in [2.05, 4.69) is 38.9 Å². The number of ether oxygens (including phenoxy) is 3. The highest BCUT2D eigenvalue weighted by molar-refractivity contribution is 5.95. The van der Waals surface area contributed by atoms with E-state index in [1.165, 1.54) is 29.5 Å². The van der Waals surface area contributed by atoms with Gasteiger partial charge in [-0.25, -0.2) is 23.2 Å². The molecule has 0 radical (unpaired) electrons. The minimum atomic E-state index is -1.24. The Morgan fingerprint density at radius 2 is 1.61 bits per heavy atom. The number of nitrogens with zero attached hydrogens (tertiary/aromatic N) is 7. The van der Waals surface area contributed by atoms with Gasteiger partial charge in [-0.1, -0.05) is 25.8 Å². The molecule has 4 heterocycles. The van der Waals surface area contributed by atoms with Gasteiger partial charge in [-0.05, 0) is 81.3 Å². The fraction of sp³-hybridized carbons (Fsp3) is 0.475. The second kappa shape index (κ2) is 15.9. The van der Waals surface area contributed by atoms with Crippen molar-refractivity contribution in [2.45, 2.75) is 76.7 Å². The van der Waals surface area contributed by atoms with Gasteiger partial charge in [-0.2, -0.15) is 5.10 Å². The van der Waals surface area contributed by atoms with Crippen molar-refractivity contribution in [1.29, 1.82) is 0 Å². The molecule has 0 bridgehead atoms. The Hall–Kier alpha value is -4.79. The number of anilines is 3. The Labute approximate surface area is 314 Å². The third-order valence-corrected chi connectivity index (χ3v) is 10.6. The van der Waals surface area contributed by atoms with Crippen molar-refractivity contribution in [3.8, 4) is 5.75 Å². The summed E-state index contributed by atoms with van der Waals surface area (Å²) in [5.74, 6) is -0.764. The molecule has 2 amide bonds. The second-order valence-electron chi connectivity index (χ2n) is 14.6. The summed E-state index contributed by atoms with van der Waals surface area (Å²) in [6, 6.07) is 19.1. The number of aromatic nitrogens is 3. The maximum Gasteiger partial charge on any atom is 0.327 e. The van der Waals surface area contributed by atoms with Crippen molar-refractivity contribution >= 4 is 23.1 Å². The van der Waals surface area contributed by atoms with Crippen LogP contribution in [0.15, 0.2) is 79.4 Å². The smallest absolute Gasteiger partial charge is 0.327 e. The number of unbranched alkanes of at least 4 members (excludes halogenated alkanes) is 2. The van der Waals surface area contributed by atoms with Crippen LogP contribution in [0.5, 0.6) is 5.75 Å². The SMILES string of the molecule is CCCCC[C@@]1(O)CN(c2ccc(N3CCN(c4ccc(OC[C@H]5OC[C@](Cn6cncn6)(c6ccc(F)cc6F)O5)cc4)CC3)cc2)C(=O)N1C(C)C. The molecule has 12 nitrogen and oxygen atoms in total. The van der Waals surface area contributed by atoms with Gasteiger partial charge >= 0.3 is 6.03 Å². The molecule has 54 heavy (non-hydrogen) atoms. The van der Waals surface area contributed by atoms with Crippen LogP contribution >= 0.6 is 0 Å². The molecule has 4 aromatic rings. The fourth-order valence-corrected chi connectivity index (χ4v) is 7.82. The Kier molecular flexibility index (Phi) is 11.0. The second-order valence-corrected chi connectivity index (χ2v) is 14.6. The molecule has 0 saturated carbocycles. The van der Waals surface area contributed by atoms with Crippen molar-refractivity contribution in [2.75, 3.05) is 60.6 Å². The van der Waals surface area contributed by atoms with Gasteiger partial charge in [0.1, 0.15) is 42.2 Å². The first-order valence-corrected chi connectivity index (χ1v) is 18.8. The number of carbonyl (C=O) groups excluding carboxylic acids is 1. The zero-order valence-corrected chi connectivity index (χ0v) is 31.1. The van der Waals surface area contributed by atoms with Gasteiger partial charge in [0.2, 0.25) is 0 Å². The summed E-state index contributed by atoms with van der Waals surface area (Å²) in [5.41, 5.74) is 0.734. The lowest BCUT2D eigenvalue weighted by Gasteiger charge is -2.37. The highest BCUT2D eigenvalue weighted by atomic mass is 19.1. The summed E-state index contributed by atoms with van der Waals surface area (Å²) in [7, 11) is 0. The van der Waals surface area contributed by atoms with Crippen LogP contribution in [0, 0.1) is 11.6 Å². The Bertz CT molecular complexity index is 1860. The minimum Gasteiger partial charge on any atom is -0.488 e. The van der Waals surface area contributed by atoms with Crippen molar-refractivity contribution in [1.82, 2.24) is 19.7 Å². The van der Waals surface area contributed by atoms with Gasteiger partial charge < -0.3 is 29.1 Å². The molecule has 0 unspecified atom stereocenters. The third-order valence-electron chi connectivity index (χ3n) is 10.6. The molecule has 3 saturated heterocycles. The zero-order chi connectivity index (χ0) is 37.9. The van der Waals surface area contributed by atoms with Gasteiger partial charge in [-0.15, -0.1) is 0 Å². The summed E-state index contributed by atoms with van der Waals surface area (Å²) >= 11 is 0. The van der Waals surface area contributed by atoms with Crippen LogP contribution in [0.25, 0.3) is 0 Å². The van der Waals surface area contributed by atoms with Crippen LogP contribution in [0.3, 0.4) is 0 Å². The van der Waals surface area contributed by atoms with Gasteiger partial charge in [0.25, 0.3) is 0 Å². The molecule has 0 spiro atoms. The van der Waals surface area contributed by atoms with Gasteiger partial charge in [0, 0.05) is 60.9 Å². The molecule has 3 atom stereocenters. The average Bonchev–Trinajstić information content (AvgIpc) is 3.90. The number of hydrogen-bond acceptors (Lipinski definition) is 9. The van der Waals surface area contributed by atoms with Crippen LogP contribution in [0.4, 0.5) is 30.6 Å². The van der Waals surface area contributed by atoms with Crippen molar-refractivity contribution in [3.63, 3.8) is 0 Å². The summed E-state index contributed by atoms with van der Waals surface area (Å²) in [5, 5.41) is 15.7. The van der Waals surface area contributed by atoms with Crippen molar-refractivity contribution < 1.29 is 32.9 Å². The first kappa shape index (κ1) is 37.5. The Morgan fingerprint density at radius 1 is 0.944 bits per heavy atom. The number of aliphatic hydroxyl groups is 1. The number of hydrogen-bond donors (Lipinski definition) is 1. The first-order chi connectivity index (χ1) is 26.1. The van der Waals surface area contributed by atoms with E-state index in [0.29, 0.717) is 12.2 Å². The number of amides is 2. The number of piperazine rings is 1. The minimum absolute atomic E-state index is 0.0250. The van der Waals surface area contributed by atoms with E-state index >= 15 is 0 Å². The average molecular weight is 746 g/mol. The predicted octanol–water partition coefficient (Wildman–Crippen LogP) is 6.15. The van der Waals surface area contributed by atoms with Crippen LogP contribution in [0.1, 0.15) is 52.0 Å². The summed E-state index contributed by atoms with van der Waals surface area (Å²) in [6.45, 7) is 9.86. The highest BCUT2D eigenvalue weighted by Crippen LogP contribution is 2.38. The molecule has 0 aliphatic carbocycles.